The normalized spacial score (nSPS) is 10.3. The molecule has 104 valence electrons. The van der Waals surface area contributed by atoms with E-state index in [-0.39, 0.29) is 18.2 Å². The average molecular weight is 271 g/mol. The van der Waals surface area contributed by atoms with Gasteiger partial charge in [0.25, 0.3) is 5.91 Å². The highest BCUT2D eigenvalue weighted by Gasteiger charge is 2.13. The van der Waals surface area contributed by atoms with Gasteiger partial charge in [-0.05, 0) is 38.0 Å². The molecule has 20 heavy (non-hydrogen) atoms. The second-order valence-electron chi connectivity index (χ2n) is 5.06. The smallest absolute Gasteiger partial charge is 0.290 e. The Morgan fingerprint density at radius 3 is 2.50 bits per heavy atom. The maximum atomic E-state index is 12.1. The number of amides is 1. The lowest BCUT2D eigenvalue weighted by molar-refractivity contribution is -0.684. The van der Waals surface area contributed by atoms with Crippen molar-refractivity contribution in [2.75, 3.05) is 5.32 Å². The third kappa shape index (κ3) is 3.35. The van der Waals surface area contributed by atoms with E-state index in [0.717, 1.165) is 16.8 Å². The minimum atomic E-state index is -0.115. The zero-order valence-corrected chi connectivity index (χ0v) is 12.0. The molecular weight excluding hydrogens is 252 g/mol. The van der Waals surface area contributed by atoms with Gasteiger partial charge in [-0.3, -0.25) is 4.79 Å². The standard InChI is InChI=1S/C16H18N2O2/c1-11-7-12(2)16(13(3)8-11)17-15(20)10-18-6-4-5-14(19)9-18/h4-9H,10H2,1-3H3,(H-,17,19,20)/p+1. The third-order valence-corrected chi connectivity index (χ3v) is 3.11. The summed E-state index contributed by atoms with van der Waals surface area (Å²) >= 11 is 0. The fourth-order valence-corrected chi connectivity index (χ4v) is 2.33. The van der Waals surface area contributed by atoms with Gasteiger partial charge in [-0.2, -0.15) is 4.57 Å². The molecule has 1 aromatic heterocycles. The summed E-state index contributed by atoms with van der Waals surface area (Å²) in [5.41, 5.74) is 4.15. The van der Waals surface area contributed by atoms with E-state index in [1.165, 1.54) is 11.8 Å². The van der Waals surface area contributed by atoms with E-state index in [9.17, 15) is 9.90 Å². The van der Waals surface area contributed by atoms with Gasteiger partial charge in [-0.25, -0.2) is 0 Å². The summed E-state index contributed by atoms with van der Waals surface area (Å²) in [6, 6.07) is 7.36. The first-order valence-corrected chi connectivity index (χ1v) is 6.51. The molecule has 2 rings (SSSR count). The second kappa shape index (κ2) is 5.74. The number of hydrogen-bond donors (Lipinski definition) is 2. The lowest BCUT2D eigenvalue weighted by Gasteiger charge is -2.11. The van der Waals surface area contributed by atoms with Crippen LogP contribution in [0.3, 0.4) is 0 Å². The summed E-state index contributed by atoms with van der Waals surface area (Å²) in [7, 11) is 0. The molecule has 1 amide bonds. The van der Waals surface area contributed by atoms with Crippen LogP contribution in [0.4, 0.5) is 5.69 Å². The quantitative estimate of drug-likeness (QED) is 0.841. The zero-order valence-electron chi connectivity index (χ0n) is 12.0. The summed E-state index contributed by atoms with van der Waals surface area (Å²) in [5.74, 6) is 0.0265. The van der Waals surface area contributed by atoms with E-state index in [0.29, 0.717) is 0 Å². The number of pyridine rings is 1. The molecule has 4 heteroatoms. The van der Waals surface area contributed by atoms with Crippen LogP contribution in [-0.2, 0) is 11.3 Å². The van der Waals surface area contributed by atoms with Gasteiger partial charge >= 0.3 is 0 Å². The summed E-state index contributed by atoms with van der Waals surface area (Å²) < 4.78 is 1.64. The van der Waals surface area contributed by atoms with Crippen LogP contribution in [-0.4, -0.2) is 11.0 Å². The highest BCUT2D eigenvalue weighted by molar-refractivity contribution is 5.91. The molecule has 4 nitrogen and oxygen atoms in total. The van der Waals surface area contributed by atoms with Crippen LogP contribution in [0.1, 0.15) is 16.7 Å². The van der Waals surface area contributed by atoms with E-state index in [4.69, 9.17) is 0 Å². The first-order chi connectivity index (χ1) is 9.45. The first kappa shape index (κ1) is 14.1. The monoisotopic (exact) mass is 271 g/mol. The topological polar surface area (TPSA) is 53.2 Å². The molecule has 0 saturated heterocycles. The molecule has 1 aromatic carbocycles. The predicted molar refractivity (Wildman–Crippen MR) is 77.6 cm³/mol. The Morgan fingerprint density at radius 1 is 1.25 bits per heavy atom. The molecule has 0 radical (unpaired) electrons. The second-order valence-corrected chi connectivity index (χ2v) is 5.06. The average Bonchev–Trinajstić information content (AvgIpc) is 2.33. The van der Waals surface area contributed by atoms with Crippen molar-refractivity contribution in [2.24, 2.45) is 0 Å². The van der Waals surface area contributed by atoms with Crippen molar-refractivity contribution in [1.29, 1.82) is 0 Å². The molecule has 2 aromatic rings. The van der Waals surface area contributed by atoms with Crippen molar-refractivity contribution < 1.29 is 14.5 Å². The Kier molecular flexibility index (Phi) is 4.03. The molecule has 0 aliphatic heterocycles. The van der Waals surface area contributed by atoms with Crippen LogP contribution in [0, 0.1) is 20.8 Å². The zero-order chi connectivity index (χ0) is 14.7. The number of nitrogens with one attached hydrogen (secondary N) is 1. The molecule has 0 aliphatic carbocycles. The maximum absolute atomic E-state index is 12.1. The van der Waals surface area contributed by atoms with Crippen molar-refractivity contribution >= 4 is 11.6 Å². The molecule has 0 saturated carbocycles. The third-order valence-electron chi connectivity index (χ3n) is 3.11. The van der Waals surface area contributed by atoms with E-state index >= 15 is 0 Å². The van der Waals surface area contributed by atoms with Gasteiger partial charge in [-0.15, -0.1) is 0 Å². The van der Waals surface area contributed by atoms with Crippen LogP contribution in [0.2, 0.25) is 0 Å². The van der Waals surface area contributed by atoms with Gasteiger partial charge in [0.15, 0.2) is 11.9 Å². The number of hydrogen-bond acceptors (Lipinski definition) is 2. The van der Waals surface area contributed by atoms with E-state index in [2.05, 4.69) is 5.32 Å². The highest BCUT2D eigenvalue weighted by atomic mass is 16.3. The number of carbonyl (C=O) groups excluding carboxylic acids is 1. The van der Waals surface area contributed by atoms with Crippen LogP contribution in [0.15, 0.2) is 36.7 Å². The maximum Gasteiger partial charge on any atom is 0.290 e. The molecule has 0 spiro atoms. The number of nitrogens with zero attached hydrogens (tertiary/aromatic N) is 1. The van der Waals surface area contributed by atoms with E-state index in [1.54, 1.807) is 22.9 Å². The fourth-order valence-electron chi connectivity index (χ4n) is 2.33. The molecule has 2 N–H and O–H groups in total. The predicted octanol–water partition coefficient (Wildman–Crippen LogP) is 2.24. The Balaban J connectivity index is 2.13. The number of rotatable bonds is 3. The molecule has 1 heterocycles. The molecule has 0 bridgehead atoms. The largest absolute Gasteiger partial charge is 0.503 e. The number of aromatic hydroxyl groups is 1. The minimum absolute atomic E-state index is 0.115. The van der Waals surface area contributed by atoms with Crippen LogP contribution >= 0.6 is 0 Å². The summed E-state index contributed by atoms with van der Waals surface area (Å²) in [5, 5.41) is 12.3. The van der Waals surface area contributed by atoms with Crippen LogP contribution in [0.5, 0.6) is 5.75 Å². The van der Waals surface area contributed by atoms with Crippen molar-refractivity contribution in [3.8, 4) is 5.75 Å². The number of aromatic nitrogens is 1. The Bertz CT molecular complexity index is 628. The SMILES string of the molecule is Cc1cc(C)c(NC(=O)C[n+]2cccc(O)c2)c(C)c1. The van der Waals surface area contributed by atoms with Crippen molar-refractivity contribution in [1.82, 2.24) is 0 Å². The Hall–Kier alpha value is -2.36. The fraction of sp³-hybridized carbons (Fsp3) is 0.250. The summed E-state index contributed by atoms with van der Waals surface area (Å²) in [6.07, 6.45) is 3.27. The molecular formula is C16H19N2O2+. The Morgan fingerprint density at radius 2 is 1.90 bits per heavy atom. The molecule has 0 fully saturated rings. The first-order valence-electron chi connectivity index (χ1n) is 6.51. The number of anilines is 1. The molecule has 0 unspecified atom stereocenters. The Labute approximate surface area is 118 Å². The minimum Gasteiger partial charge on any atom is -0.503 e. The van der Waals surface area contributed by atoms with E-state index < -0.39 is 0 Å². The number of benzene rings is 1. The van der Waals surface area contributed by atoms with Gasteiger partial charge in [0.05, 0.1) is 0 Å². The van der Waals surface area contributed by atoms with Gasteiger partial charge < -0.3 is 10.4 Å². The van der Waals surface area contributed by atoms with Gasteiger partial charge in [0.2, 0.25) is 12.7 Å². The van der Waals surface area contributed by atoms with Crippen molar-refractivity contribution in [3.63, 3.8) is 0 Å². The lowest BCUT2D eigenvalue weighted by Crippen LogP contribution is -2.39. The number of aryl methyl sites for hydroxylation is 3. The van der Waals surface area contributed by atoms with Gasteiger partial charge in [-0.1, -0.05) is 17.7 Å². The summed E-state index contributed by atoms with van der Waals surface area (Å²) in [6.45, 7) is 6.17. The van der Waals surface area contributed by atoms with Gasteiger partial charge in [0, 0.05) is 11.8 Å². The summed E-state index contributed by atoms with van der Waals surface area (Å²) in [4.78, 5) is 12.1. The van der Waals surface area contributed by atoms with Crippen molar-refractivity contribution in [3.05, 3.63) is 53.3 Å². The van der Waals surface area contributed by atoms with E-state index in [1.807, 2.05) is 32.9 Å². The molecule has 0 atom stereocenters. The highest BCUT2D eigenvalue weighted by Crippen LogP contribution is 2.21. The lowest BCUT2D eigenvalue weighted by atomic mass is 10.1. The van der Waals surface area contributed by atoms with Crippen molar-refractivity contribution in [2.45, 2.75) is 27.3 Å². The van der Waals surface area contributed by atoms with Gasteiger partial charge in [0.1, 0.15) is 0 Å². The number of carbonyl (C=O) groups is 1. The van der Waals surface area contributed by atoms with Crippen LogP contribution in [0.25, 0.3) is 0 Å². The molecule has 0 aliphatic rings. The van der Waals surface area contributed by atoms with Crippen LogP contribution < -0.4 is 9.88 Å².